The summed E-state index contributed by atoms with van der Waals surface area (Å²) in [6.45, 7) is -0.278. The van der Waals surface area contributed by atoms with Crippen LogP contribution < -0.4 is 18.9 Å². The van der Waals surface area contributed by atoms with Crippen LogP contribution in [0.5, 0.6) is 23.0 Å². The number of nitrogens with zero attached hydrogens (tertiary/aromatic N) is 1. The zero-order valence-corrected chi connectivity index (χ0v) is 13.9. The van der Waals surface area contributed by atoms with Gasteiger partial charge in [-0.15, -0.1) is 0 Å². The Hall–Kier alpha value is -3.46. The number of rotatable bonds is 7. The van der Waals surface area contributed by atoms with E-state index in [0.29, 0.717) is 17.2 Å². The molecule has 0 saturated heterocycles. The zero-order valence-electron chi connectivity index (χ0n) is 13.9. The number of nitriles is 1. The van der Waals surface area contributed by atoms with Gasteiger partial charge < -0.3 is 18.9 Å². The lowest BCUT2D eigenvalue weighted by Gasteiger charge is -2.12. The predicted molar refractivity (Wildman–Crippen MR) is 91.8 cm³/mol. The van der Waals surface area contributed by atoms with Crippen molar-refractivity contribution in [1.29, 1.82) is 5.26 Å². The summed E-state index contributed by atoms with van der Waals surface area (Å²) in [6.07, 6.45) is 2.97. The number of carbonyl (C=O) groups excluding carboxylic acids is 1. The minimum Gasteiger partial charge on any atom is -0.493 e. The molecule has 0 heterocycles. The first-order valence-electron chi connectivity index (χ1n) is 7.38. The summed E-state index contributed by atoms with van der Waals surface area (Å²) in [5, 5.41) is 8.56. The van der Waals surface area contributed by atoms with Crippen molar-refractivity contribution < 1.29 is 23.7 Å². The average molecular weight is 339 g/mol. The molecule has 0 radical (unpaired) electrons. The Bertz CT molecular complexity index is 808. The minimum atomic E-state index is -0.579. The maximum absolute atomic E-state index is 12.0. The monoisotopic (exact) mass is 339 g/mol. The van der Waals surface area contributed by atoms with E-state index in [0.717, 1.165) is 5.56 Å². The maximum atomic E-state index is 12.0. The van der Waals surface area contributed by atoms with Crippen LogP contribution in [0.4, 0.5) is 0 Å². The molecular formula is C19H17NO5. The van der Waals surface area contributed by atoms with Gasteiger partial charge in [-0.1, -0.05) is 18.2 Å². The Morgan fingerprint density at radius 3 is 2.44 bits per heavy atom. The number of esters is 1. The van der Waals surface area contributed by atoms with Gasteiger partial charge >= 0.3 is 5.97 Å². The van der Waals surface area contributed by atoms with Crippen molar-refractivity contribution in [3.05, 3.63) is 54.1 Å². The first-order chi connectivity index (χ1) is 12.2. The number of benzene rings is 2. The molecular weight excluding hydrogens is 322 g/mol. The highest BCUT2D eigenvalue weighted by atomic mass is 16.6. The molecule has 6 nitrogen and oxygen atoms in total. The molecule has 0 spiro atoms. The third-order valence-corrected chi connectivity index (χ3v) is 3.18. The quantitative estimate of drug-likeness (QED) is 0.438. The molecule has 0 aliphatic rings. The Labute approximate surface area is 145 Å². The third kappa shape index (κ3) is 5.01. The molecule has 0 aliphatic carbocycles. The van der Waals surface area contributed by atoms with Crippen LogP contribution in [0.15, 0.2) is 48.5 Å². The summed E-state index contributed by atoms with van der Waals surface area (Å²) in [5.41, 5.74) is 0.753. The Morgan fingerprint density at radius 2 is 1.76 bits per heavy atom. The highest BCUT2D eigenvalue weighted by Gasteiger charge is 2.12. The fraction of sp³-hybridized carbons (Fsp3) is 0.158. The van der Waals surface area contributed by atoms with E-state index in [-0.39, 0.29) is 12.4 Å². The highest BCUT2D eigenvalue weighted by molar-refractivity contribution is 5.75. The number of methoxy groups -OCH3 is 2. The lowest BCUT2D eigenvalue weighted by atomic mass is 10.2. The summed E-state index contributed by atoms with van der Waals surface area (Å²) in [4.78, 5) is 12.0. The first kappa shape index (κ1) is 17.9. The van der Waals surface area contributed by atoms with Crippen molar-refractivity contribution in [3.63, 3.8) is 0 Å². The zero-order chi connectivity index (χ0) is 18.1. The molecule has 0 bridgehead atoms. The summed E-state index contributed by atoms with van der Waals surface area (Å²) in [5.74, 6) is 1.05. The summed E-state index contributed by atoms with van der Waals surface area (Å²) in [6, 6.07) is 13.9. The predicted octanol–water partition coefficient (Wildman–Crippen LogP) is 3.22. The number of allylic oxidation sites excluding steroid dienone is 1. The molecule has 0 saturated carbocycles. The van der Waals surface area contributed by atoms with Crippen LogP contribution in [0.1, 0.15) is 5.56 Å². The van der Waals surface area contributed by atoms with Gasteiger partial charge in [-0.3, -0.25) is 0 Å². The van der Waals surface area contributed by atoms with E-state index in [4.69, 9.17) is 24.2 Å². The van der Waals surface area contributed by atoms with E-state index in [1.54, 1.807) is 48.5 Å². The standard InChI is InChI=1S/C19H17NO5/c1-22-15-7-3-4-8-16(15)24-13-19(21)25-17-10-9-14(6-5-11-20)12-18(17)23-2/h3-10,12H,13H2,1-2H3/b6-5-. The van der Waals surface area contributed by atoms with Crippen molar-refractivity contribution in [1.82, 2.24) is 0 Å². The molecule has 25 heavy (non-hydrogen) atoms. The molecule has 0 aliphatic heterocycles. The van der Waals surface area contributed by atoms with Crippen molar-refractivity contribution in [2.75, 3.05) is 20.8 Å². The van der Waals surface area contributed by atoms with Gasteiger partial charge in [0.25, 0.3) is 0 Å². The molecule has 6 heteroatoms. The third-order valence-electron chi connectivity index (χ3n) is 3.18. The fourth-order valence-electron chi connectivity index (χ4n) is 2.03. The van der Waals surface area contributed by atoms with E-state index < -0.39 is 5.97 Å². The van der Waals surface area contributed by atoms with Crippen LogP contribution in [0.25, 0.3) is 6.08 Å². The second kappa shape index (κ2) is 8.99. The minimum absolute atomic E-state index is 0.269. The first-order valence-corrected chi connectivity index (χ1v) is 7.38. The van der Waals surface area contributed by atoms with Gasteiger partial charge in [0.1, 0.15) is 0 Å². The molecule has 2 rings (SSSR count). The SMILES string of the molecule is COc1ccccc1OCC(=O)Oc1ccc(/C=C\C#N)cc1OC. The van der Waals surface area contributed by atoms with E-state index in [9.17, 15) is 4.79 Å². The normalized spacial score (nSPS) is 10.1. The molecule has 0 amide bonds. The van der Waals surface area contributed by atoms with Crippen LogP contribution in [-0.4, -0.2) is 26.8 Å². The van der Waals surface area contributed by atoms with Crippen LogP contribution in [0, 0.1) is 11.3 Å². The molecule has 0 atom stereocenters. The number of para-hydroxylation sites is 2. The molecule has 0 fully saturated rings. The van der Waals surface area contributed by atoms with Crippen LogP contribution >= 0.6 is 0 Å². The van der Waals surface area contributed by atoms with Crippen molar-refractivity contribution in [3.8, 4) is 29.1 Å². The Morgan fingerprint density at radius 1 is 1.04 bits per heavy atom. The molecule has 0 aromatic heterocycles. The van der Waals surface area contributed by atoms with Crippen molar-refractivity contribution >= 4 is 12.0 Å². The van der Waals surface area contributed by atoms with Gasteiger partial charge in [0.15, 0.2) is 29.6 Å². The number of ether oxygens (including phenoxy) is 4. The summed E-state index contributed by atoms with van der Waals surface area (Å²) < 4.78 is 21.1. The molecule has 0 unspecified atom stereocenters. The van der Waals surface area contributed by atoms with Gasteiger partial charge in [-0.25, -0.2) is 4.79 Å². The number of hydrogen-bond acceptors (Lipinski definition) is 6. The van der Waals surface area contributed by atoms with Gasteiger partial charge in [-0.2, -0.15) is 5.26 Å². The molecule has 128 valence electrons. The van der Waals surface area contributed by atoms with E-state index >= 15 is 0 Å². The maximum Gasteiger partial charge on any atom is 0.349 e. The van der Waals surface area contributed by atoms with E-state index in [1.807, 2.05) is 6.07 Å². The molecule has 2 aromatic carbocycles. The molecule has 2 aromatic rings. The number of hydrogen-bond donors (Lipinski definition) is 0. The van der Waals surface area contributed by atoms with Gasteiger partial charge in [-0.05, 0) is 35.9 Å². The lowest BCUT2D eigenvalue weighted by Crippen LogP contribution is -2.18. The van der Waals surface area contributed by atoms with Gasteiger partial charge in [0.2, 0.25) is 0 Å². The smallest absolute Gasteiger partial charge is 0.349 e. The Kier molecular flexibility index (Phi) is 6.43. The van der Waals surface area contributed by atoms with Crippen LogP contribution in [0.2, 0.25) is 0 Å². The lowest BCUT2D eigenvalue weighted by molar-refractivity contribution is -0.136. The highest BCUT2D eigenvalue weighted by Crippen LogP contribution is 2.29. The fourth-order valence-corrected chi connectivity index (χ4v) is 2.03. The van der Waals surface area contributed by atoms with E-state index in [2.05, 4.69) is 0 Å². The number of carbonyl (C=O) groups is 1. The van der Waals surface area contributed by atoms with Crippen molar-refractivity contribution in [2.24, 2.45) is 0 Å². The Balaban J connectivity index is 2.02. The second-order valence-electron chi connectivity index (χ2n) is 4.79. The largest absolute Gasteiger partial charge is 0.493 e. The van der Waals surface area contributed by atoms with Crippen molar-refractivity contribution in [2.45, 2.75) is 0 Å². The van der Waals surface area contributed by atoms with Gasteiger partial charge in [0.05, 0.1) is 20.3 Å². The molecule has 0 N–H and O–H groups in total. The van der Waals surface area contributed by atoms with Crippen LogP contribution in [-0.2, 0) is 4.79 Å². The average Bonchev–Trinajstić information content (AvgIpc) is 2.65. The summed E-state index contributed by atoms with van der Waals surface area (Å²) >= 11 is 0. The topological polar surface area (TPSA) is 77.8 Å². The van der Waals surface area contributed by atoms with E-state index in [1.165, 1.54) is 20.3 Å². The van der Waals surface area contributed by atoms with Gasteiger partial charge in [0, 0.05) is 6.08 Å². The summed E-state index contributed by atoms with van der Waals surface area (Å²) in [7, 11) is 2.99. The second-order valence-corrected chi connectivity index (χ2v) is 4.79. The van der Waals surface area contributed by atoms with Crippen LogP contribution in [0.3, 0.4) is 0 Å².